The summed E-state index contributed by atoms with van der Waals surface area (Å²) in [5.74, 6) is 0. The third kappa shape index (κ3) is 3.40. The predicted octanol–water partition coefficient (Wildman–Crippen LogP) is 3.81. The van der Waals surface area contributed by atoms with Crippen LogP contribution in [0.1, 0.15) is 5.56 Å². The van der Waals surface area contributed by atoms with Crippen LogP contribution < -0.4 is 4.90 Å². The molecule has 3 rings (SSSR count). The Bertz CT molecular complexity index is 847. The highest BCUT2D eigenvalue weighted by molar-refractivity contribution is 7.89. The molecule has 0 spiro atoms. The zero-order valence-corrected chi connectivity index (χ0v) is 15.6. The van der Waals surface area contributed by atoms with E-state index in [2.05, 4.69) is 4.90 Å². The molecule has 2 aromatic rings. The highest BCUT2D eigenvalue weighted by Crippen LogP contribution is 2.27. The van der Waals surface area contributed by atoms with Crippen molar-refractivity contribution in [1.82, 2.24) is 4.31 Å². The van der Waals surface area contributed by atoms with Crippen molar-refractivity contribution in [3.05, 3.63) is 58.1 Å². The Morgan fingerprint density at radius 3 is 2.29 bits per heavy atom. The quantitative estimate of drug-likeness (QED) is 0.807. The van der Waals surface area contributed by atoms with E-state index < -0.39 is 10.0 Å². The van der Waals surface area contributed by atoms with E-state index in [4.69, 9.17) is 23.2 Å². The minimum absolute atomic E-state index is 0.284. The molecule has 7 heteroatoms. The Balaban J connectivity index is 1.77. The molecule has 2 aromatic carbocycles. The second-order valence-electron chi connectivity index (χ2n) is 5.73. The lowest BCUT2D eigenvalue weighted by Crippen LogP contribution is -2.48. The van der Waals surface area contributed by atoms with E-state index in [1.165, 1.54) is 4.31 Å². The molecule has 128 valence electrons. The average molecular weight is 385 g/mol. The zero-order chi connectivity index (χ0) is 17.3. The number of hydrogen-bond donors (Lipinski definition) is 0. The fraction of sp³-hybridized carbons (Fsp3) is 0.294. The maximum atomic E-state index is 12.9. The second kappa shape index (κ2) is 6.92. The summed E-state index contributed by atoms with van der Waals surface area (Å²) >= 11 is 12.1. The van der Waals surface area contributed by atoms with Gasteiger partial charge in [0.1, 0.15) is 0 Å². The molecule has 0 aromatic heterocycles. The van der Waals surface area contributed by atoms with Gasteiger partial charge in [0.2, 0.25) is 10.0 Å². The van der Waals surface area contributed by atoms with Crippen molar-refractivity contribution < 1.29 is 8.42 Å². The van der Waals surface area contributed by atoms with Crippen LogP contribution in [0, 0.1) is 6.92 Å². The Hall–Kier alpha value is -1.27. The van der Waals surface area contributed by atoms with Crippen LogP contribution in [0.4, 0.5) is 5.69 Å². The fourth-order valence-electron chi connectivity index (χ4n) is 2.87. The summed E-state index contributed by atoms with van der Waals surface area (Å²) in [7, 11) is -3.53. The number of nitrogens with zero attached hydrogens (tertiary/aromatic N) is 2. The molecule has 0 aliphatic carbocycles. The van der Waals surface area contributed by atoms with E-state index in [0.29, 0.717) is 41.8 Å². The van der Waals surface area contributed by atoms with Gasteiger partial charge in [0, 0.05) is 41.9 Å². The van der Waals surface area contributed by atoms with Gasteiger partial charge in [-0.05, 0) is 42.8 Å². The van der Waals surface area contributed by atoms with Gasteiger partial charge in [-0.25, -0.2) is 8.42 Å². The summed E-state index contributed by atoms with van der Waals surface area (Å²) in [5, 5.41) is 1.14. The lowest BCUT2D eigenvalue weighted by Gasteiger charge is -2.35. The molecule has 24 heavy (non-hydrogen) atoms. The monoisotopic (exact) mass is 384 g/mol. The smallest absolute Gasteiger partial charge is 0.243 e. The predicted molar refractivity (Wildman–Crippen MR) is 98.6 cm³/mol. The summed E-state index contributed by atoms with van der Waals surface area (Å²) in [6.45, 7) is 3.84. The summed E-state index contributed by atoms with van der Waals surface area (Å²) in [5.41, 5.74) is 1.61. The normalized spacial score (nSPS) is 16.4. The molecule has 0 amide bonds. The number of benzene rings is 2. The molecule has 1 saturated heterocycles. The van der Waals surface area contributed by atoms with Crippen molar-refractivity contribution >= 4 is 38.9 Å². The van der Waals surface area contributed by atoms with Gasteiger partial charge in [0.05, 0.1) is 4.90 Å². The van der Waals surface area contributed by atoms with Crippen LogP contribution in [0.5, 0.6) is 0 Å². The summed E-state index contributed by atoms with van der Waals surface area (Å²) in [4.78, 5) is 2.43. The van der Waals surface area contributed by atoms with Crippen LogP contribution in [0.3, 0.4) is 0 Å². The second-order valence-corrected chi connectivity index (χ2v) is 8.48. The molecule has 1 fully saturated rings. The van der Waals surface area contributed by atoms with Crippen LogP contribution in [-0.4, -0.2) is 38.9 Å². The first-order valence-electron chi connectivity index (χ1n) is 7.65. The number of halogens is 2. The van der Waals surface area contributed by atoms with Crippen molar-refractivity contribution in [1.29, 1.82) is 0 Å². The van der Waals surface area contributed by atoms with Crippen LogP contribution in [0.25, 0.3) is 0 Å². The minimum Gasteiger partial charge on any atom is -0.369 e. The van der Waals surface area contributed by atoms with Crippen molar-refractivity contribution in [3.8, 4) is 0 Å². The molecule has 0 unspecified atom stereocenters. The third-order valence-corrected chi connectivity index (χ3v) is 6.94. The number of anilines is 1. The average Bonchev–Trinajstić information content (AvgIpc) is 2.57. The van der Waals surface area contributed by atoms with Gasteiger partial charge in [0.15, 0.2) is 0 Å². The first-order chi connectivity index (χ1) is 11.4. The highest BCUT2D eigenvalue weighted by atomic mass is 35.5. The van der Waals surface area contributed by atoms with Crippen molar-refractivity contribution in [3.63, 3.8) is 0 Å². The molecule has 1 heterocycles. The topological polar surface area (TPSA) is 40.6 Å². The van der Waals surface area contributed by atoms with Gasteiger partial charge in [-0.2, -0.15) is 4.31 Å². The molecule has 1 aliphatic rings. The SMILES string of the molecule is Cc1c(Cl)cccc1S(=O)(=O)N1CCN(c2cccc(Cl)c2)CC1. The number of hydrogen-bond acceptors (Lipinski definition) is 3. The Kier molecular flexibility index (Phi) is 5.06. The molecule has 4 nitrogen and oxygen atoms in total. The Morgan fingerprint density at radius 1 is 0.958 bits per heavy atom. The maximum absolute atomic E-state index is 12.9. The van der Waals surface area contributed by atoms with Gasteiger partial charge in [-0.1, -0.05) is 35.3 Å². The number of sulfonamides is 1. The van der Waals surface area contributed by atoms with Gasteiger partial charge in [0.25, 0.3) is 0 Å². The van der Waals surface area contributed by atoms with Gasteiger partial charge in [-0.3, -0.25) is 0 Å². The van der Waals surface area contributed by atoms with E-state index in [1.54, 1.807) is 25.1 Å². The molecule has 0 atom stereocenters. The largest absolute Gasteiger partial charge is 0.369 e. The van der Waals surface area contributed by atoms with Gasteiger partial charge >= 0.3 is 0 Å². The van der Waals surface area contributed by atoms with Crippen LogP contribution >= 0.6 is 23.2 Å². The van der Waals surface area contributed by atoms with E-state index in [0.717, 1.165) is 5.69 Å². The lowest BCUT2D eigenvalue weighted by atomic mass is 10.2. The van der Waals surface area contributed by atoms with Crippen molar-refractivity contribution in [2.75, 3.05) is 31.1 Å². The Morgan fingerprint density at radius 2 is 1.62 bits per heavy atom. The molecular formula is C17H18Cl2N2O2S. The fourth-order valence-corrected chi connectivity index (χ4v) is 4.95. The first-order valence-corrected chi connectivity index (χ1v) is 9.85. The molecule has 1 aliphatic heterocycles. The summed E-state index contributed by atoms with van der Waals surface area (Å²) in [6.07, 6.45) is 0. The third-order valence-electron chi connectivity index (χ3n) is 4.25. The van der Waals surface area contributed by atoms with Gasteiger partial charge < -0.3 is 4.90 Å². The van der Waals surface area contributed by atoms with E-state index in [-0.39, 0.29) is 4.90 Å². The molecule has 0 saturated carbocycles. The summed E-state index contributed by atoms with van der Waals surface area (Å²) in [6, 6.07) is 12.6. The van der Waals surface area contributed by atoms with Crippen LogP contribution in [0.2, 0.25) is 10.0 Å². The Labute approximate surface area is 152 Å². The van der Waals surface area contributed by atoms with Crippen LogP contribution in [0.15, 0.2) is 47.4 Å². The van der Waals surface area contributed by atoms with Gasteiger partial charge in [-0.15, -0.1) is 0 Å². The van der Waals surface area contributed by atoms with E-state index in [9.17, 15) is 8.42 Å². The van der Waals surface area contributed by atoms with Crippen molar-refractivity contribution in [2.24, 2.45) is 0 Å². The first kappa shape index (κ1) is 17.5. The van der Waals surface area contributed by atoms with E-state index >= 15 is 0 Å². The molecule has 0 bridgehead atoms. The lowest BCUT2D eigenvalue weighted by molar-refractivity contribution is 0.384. The summed E-state index contributed by atoms with van der Waals surface area (Å²) < 4.78 is 27.3. The molecule has 0 radical (unpaired) electrons. The maximum Gasteiger partial charge on any atom is 0.243 e. The zero-order valence-electron chi connectivity index (χ0n) is 13.2. The number of rotatable bonds is 3. The standard InChI is InChI=1S/C17H18Cl2N2O2S/c1-13-16(19)6-3-7-17(13)24(22,23)21-10-8-20(9-11-21)15-5-2-4-14(18)12-15/h2-7,12H,8-11H2,1H3. The molecule has 0 N–H and O–H groups in total. The van der Waals surface area contributed by atoms with Crippen molar-refractivity contribution in [2.45, 2.75) is 11.8 Å². The van der Waals surface area contributed by atoms with Crippen LogP contribution in [-0.2, 0) is 10.0 Å². The highest BCUT2D eigenvalue weighted by Gasteiger charge is 2.30. The van der Waals surface area contributed by atoms with E-state index in [1.807, 2.05) is 24.3 Å². The number of piperazine rings is 1. The minimum atomic E-state index is -3.53. The molecular weight excluding hydrogens is 367 g/mol.